The Morgan fingerprint density at radius 1 is 1.20 bits per heavy atom. The third kappa shape index (κ3) is 3.93. The summed E-state index contributed by atoms with van der Waals surface area (Å²) < 4.78 is 42.8. The standard InChI is InChI=1S/C26H26F3N3O2S/c1-14-18(24(33)34)13-32(14)12-15-2-3-17(19(27)10-15)22-30-20-4-5-21(31-23(20)35-22)25(8-9-25)16-6-7-26(28,29)11-16/h2-5,10,14,16,18H,6-9,11-13H2,1H3,(H,33,34). The van der Waals surface area contributed by atoms with Crippen molar-refractivity contribution in [2.24, 2.45) is 11.8 Å². The van der Waals surface area contributed by atoms with Gasteiger partial charge in [-0.05, 0) is 61.9 Å². The van der Waals surface area contributed by atoms with E-state index >= 15 is 4.39 Å². The van der Waals surface area contributed by atoms with E-state index in [9.17, 15) is 13.6 Å². The van der Waals surface area contributed by atoms with Gasteiger partial charge in [-0.3, -0.25) is 9.69 Å². The largest absolute Gasteiger partial charge is 0.481 e. The van der Waals surface area contributed by atoms with Gasteiger partial charge in [-0.25, -0.2) is 23.1 Å². The van der Waals surface area contributed by atoms with Gasteiger partial charge >= 0.3 is 5.97 Å². The highest BCUT2D eigenvalue weighted by atomic mass is 32.1. The van der Waals surface area contributed by atoms with E-state index in [4.69, 9.17) is 10.1 Å². The molecular weight excluding hydrogens is 475 g/mol. The predicted octanol–water partition coefficient (Wildman–Crippen LogP) is 5.87. The van der Waals surface area contributed by atoms with Crippen LogP contribution in [0.3, 0.4) is 0 Å². The number of pyridine rings is 1. The van der Waals surface area contributed by atoms with E-state index in [0.29, 0.717) is 40.4 Å². The lowest BCUT2D eigenvalue weighted by atomic mass is 9.84. The molecule has 3 atom stereocenters. The summed E-state index contributed by atoms with van der Waals surface area (Å²) >= 11 is 1.32. The van der Waals surface area contributed by atoms with Gasteiger partial charge in [0.15, 0.2) is 0 Å². The molecule has 1 N–H and O–H groups in total. The summed E-state index contributed by atoms with van der Waals surface area (Å²) in [6.07, 6.45) is 2.20. The number of hydrogen-bond donors (Lipinski definition) is 1. The number of carboxylic acids is 1. The smallest absolute Gasteiger partial charge is 0.309 e. The number of benzene rings is 1. The first-order valence-corrected chi connectivity index (χ1v) is 12.9. The van der Waals surface area contributed by atoms with Crippen LogP contribution < -0.4 is 0 Å². The second-order valence-corrected chi connectivity index (χ2v) is 11.4. The lowest BCUT2D eigenvalue weighted by molar-refractivity contribution is -0.152. The van der Waals surface area contributed by atoms with E-state index in [-0.39, 0.29) is 42.0 Å². The zero-order chi connectivity index (χ0) is 24.5. The number of thiazole rings is 1. The van der Waals surface area contributed by atoms with Crippen LogP contribution >= 0.6 is 11.3 Å². The quantitative estimate of drug-likeness (QED) is 0.458. The molecule has 2 saturated carbocycles. The predicted molar refractivity (Wildman–Crippen MR) is 127 cm³/mol. The fraction of sp³-hybridized carbons (Fsp3) is 0.500. The number of halogens is 3. The highest BCUT2D eigenvalue weighted by Gasteiger charge is 2.57. The first-order chi connectivity index (χ1) is 16.6. The molecule has 3 fully saturated rings. The van der Waals surface area contributed by atoms with Crippen molar-refractivity contribution in [1.82, 2.24) is 14.9 Å². The minimum atomic E-state index is -2.57. The Kier molecular flexibility index (Phi) is 5.23. The number of aliphatic carboxylic acids is 1. The molecule has 0 bridgehead atoms. The summed E-state index contributed by atoms with van der Waals surface area (Å²) in [5.74, 6) is -4.16. The molecule has 3 unspecified atom stereocenters. The van der Waals surface area contributed by atoms with Gasteiger partial charge in [0.2, 0.25) is 5.92 Å². The number of nitrogens with zero attached hydrogens (tertiary/aromatic N) is 3. The van der Waals surface area contributed by atoms with Gasteiger partial charge < -0.3 is 5.11 Å². The number of carboxylic acid groups (broad SMARTS) is 1. The normalized spacial score (nSPS) is 27.1. The maximum Gasteiger partial charge on any atom is 0.309 e. The summed E-state index contributed by atoms with van der Waals surface area (Å²) in [5.41, 5.74) is 2.47. The molecule has 1 saturated heterocycles. The second kappa shape index (κ2) is 8.00. The van der Waals surface area contributed by atoms with Crippen LogP contribution in [0.25, 0.3) is 20.9 Å². The minimum Gasteiger partial charge on any atom is -0.481 e. The molecule has 9 heteroatoms. The van der Waals surface area contributed by atoms with E-state index in [1.165, 1.54) is 17.4 Å². The zero-order valence-corrected chi connectivity index (χ0v) is 20.1. The van der Waals surface area contributed by atoms with Crippen LogP contribution in [0, 0.1) is 17.7 Å². The summed E-state index contributed by atoms with van der Waals surface area (Å²) in [4.78, 5) is 23.3. The van der Waals surface area contributed by atoms with Crippen molar-refractivity contribution >= 4 is 27.7 Å². The maximum atomic E-state index is 15.1. The number of hydrogen-bond acceptors (Lipinski definition) is 5. The van der Waals surface area contributed by atoms with Crippen LogP contribution in [-0.2, 0) is 16.8 Å². The Hall–Kier alpha value is -2.52. The molecule has 184 valence electrons. The van der Waals surface area contributed by atoms with Crippen LogP contribution in [0.4, 0.5) is 13.2 Å². The molecule has 3 aromatic rings. The molecule has 35 heavy (non-hydrogen) atoms. The maximum absolute atomic E-state index is 15.1. The molecule has 0 amide bonds. The van der Waals surface area contributed by atoms with Gasteiger partial charge in [0.25, 0.3) is 0 Å². The molecule has 2 aromatic heterocycles. The van der Waals surface area contributed by atoms with Gasteiger partial charge in [0.05, 0.1) is 5.92 Å². The summed E-state index contributed by atoms with van der Waals surface area (Å²) in [6.45, 7) is 2.83. The lowest BCUT2D eigenvalue weighted by Crippen LogP contribution is -2.56. The highest BCUT2D eigenvalue weighted by molar-refractivity contribution is 7.21. The molecule has 5 nitrogen and oxygen atoms in total. The molecule has 1 aromatic carbocycles. The van der Waals surface area contributed by atoms with E-state index in [0.717, 1.165) is 24.1 Å². The number of fused-ring (bicyclic) bond motifs is 1. The fourth-order valence-electron chi connectivity index (χ4n) is 5.89. The molecule has 6 rings (SSSR count). The molecule has 0 radical (unpaired) electrons. The average molecular weight is 502 g/mol. The lowest BCUT2D eigenvalue weighted by Gasteiger charge is -2.44. The van der Waals surface area contributed by atoms with Crippen LogP contribution in [0.2, 0.25) is 0 Å². The van der Waals surface area contributed by atoms with Crippen LogP contribution in [0.15, 0.2) is 30.3 Å². The Bertz CT molecular complexity index is 1320. The number of aromatic nitrogens is 2. The first kappa shape index (κ1) is 22.9. The van der Waals surface area contributed by atoms with Crippen molar-refractivity contribution in [3.05, 3.63) is 47.4 Å². The SMILES string of the molecule is CC1C(C(=O)O)CN1Cc1ccc(-c2nc3ccc(C4(C5CCC(F)(F)C5)CC4)nc3s2)c(F)c1. The molecule has 3 aliphatic rings. The van der Waals surface area contributed by atoms with Gasteiger partial charge in [-0.15, -0.1) is 0 Å². The minimum absolute atomic E-state index is 0.0419. The van der Waals surface area contributed by atoms with Gasteiger partial charge in [-0.2, -0.15) is 0 Å². The van der Waals surface area contributed by atoms with Gasteiger partial charge in [-0.1, -0.05) is 17.4 Å². The molecule has 2 aliphatic carbocycles. The average Bonchev–Trinajstić information content (AvgIpc) is 3.37. The van der Waals surface area contributed by atoms with E-state index in [1.807, 2.05) is 30.0 Å². The van der Waals surface area contributed by atoms with Crippen molar-refractivity contribution in [1.29, 1.82) is 0 Å². The van der Waals surface area contributed by atoms with Crippen molar-refractivity contribution in [3.63, 3.8) is 0 Å². The highest BCUT2D eigenvalue weighted by Crippen LogP contribution is 2.60. The Morgan fingerprint density at radius 3 is 2.63 bits per heavy atom. The van der Waals surface area contributed by atoms with E-state index < -0.39 is 11.9 Å². The molecule has 0 spiro atoms. The molecule has 3 heterocycles. The zero-order valence-electron chi connectivity index (χ0n) is 19.3. The Labute approximate surface area is 205 Å². The summed E-state index contributed by atoms with van der Waals surface area (Å²) in [5, 5.41) is 9.70. The van der Waals surface area contributed by atoms with E-state index in [2.05, 4.69) is 4.98 Å². The topological polar surface area (TPSA) is 66.3 Å². The van der Waals surface area contributed by atoms with Crippen molar-refractivity contribution in [2.45, 2.75) is 63.0 Å². The first-order valence-electron chi connectivity index (χ1n) is 12.1. The van der Waals surface area contributed by atoms with Crippen LogP contribution in [-0.4, -0.2) is 44.5 Å². The van der Waals surface area contributed by atoms with E-state index in [1.54, 1.807) is 6.07 Å². The Balaban J connectivity index is 1.22. The summed E-state index contributed by atoms with van der Waals surface area (Å²) in [7, 11) is 0. The number of carbonyl (C=O) groups is 1. The van der Waals surface area contributed by atoms with Gasteiger partial charge in [0, 0.05) is 48.6 Å². The number of likely N-dealkylation sites (tertiary alicyclic amines) is 1. The number of rotatable bonds is 6. The second-order valence-electron chi connectivity index (χ2n) is 10.4. The van der Waals surface area contributed by atoms with Crippen LogP contribution in [0.1, 0.15) is 50.3 Å². The monoisotopic (exact) mass is 501 g/mol. The summed E-state index contributed by atoms with van der Waals surface area (Å²) in [6, 6.07) is 8.76. The third-order valence-electron chi connectivity index (χ3n) is 8.30. The van der Waals surface area contributed by atoms with Crippen molar-refractivity contribution in [3.8, 4) is 10.6 Å². The third-order valence-corrected chi connectivity index (χ3v) is 9.29. The number of alkyl halides is 2. The van der Waals surface area contributed by atoms with Gasteiger partial charge in [0.1, 0.15) is 21.2 Å². The molecular formula is C26H26F3N3O2S. The van der Waals surface area contributed by atoms with Crippen molar-refractivity contribution in [2.75, 3.05) is 6.54 Å². The Morgan fingerprint density at radius 2 is 2.00 bits per heavy atom. The van der Waals surface area contributed by atoms with Crippen molar-refractivity contribution < 1.29 is 23.1 Å². The van der Waals surface area contributed by atoms with Crippen LogP contribution in [0.5, 0.6) is 0 Å². The fourth-order valence-corrected chi connectivity index (χ4v) is 6.85. The molecule has 1 aliphatic heterocycles.